The summed E-state index contributed by atoms with van der Waals surface area (Å²) in [5, 5.41) is 7.48. The van der Waals surface area contributed by atoms with Gasteiger partial charge in [-0.2, -0.15) is 5.10 Å². The van der Waals surface area contributed by atoms with E-state index in [1.807, 2.05) is 0 Å². The minimum absolute atomic E-state index is 0.183. The third-order valence-corrected chi connectivity index (χ3v) is 4.30. The fourth-order valence-electron chi connectivity index (χ4n) is 2.76. The van der Waals surface area contributed by atoms with Crippen molar-refractivity contribution in [3.05, 3.63) is 63.9 Å². The molecule has 0 spiro atoms. The molecule has 26 heavy (non-hydrogen) atoms. The van der Waals surface area contributed by atoms with Gasteiger partial charge in [-0.25, -0.2) is 4.98 Å². The van der Waals surface area contributed by atoms with Crippen molar-refractivity contribution in [3.63, 3.8) is 0 Å². The zero-order chi connectivity index (χ0) is 18.3. The van der Waals surface area contributed by atoms with Crippen molar-refractivity contribution >= 4 is 28.5 Å². The van der Waals surface area contributed by atoms with Gasteiger partial charge in [0.05, 0.1) is 12.8 Å². The topological polar surface area (TPSA) is 98.8 Å². The maximum Gasteiger partial charge on any atom is 0.271 e. The van der Waals surface area contributed by atoms with Crippen LogP contribution in [0.25, 0.3) is 28.1 Å². The second-order valence-corrected chi connectivity index (χ2v) is 6.05. The highest BCUT2D eigenvalue weighted by Gasteiger charge is 2.18. The SMILES string of the molecule is COc1ccc(-n2c(-c3ccc(Cl)cc3)nc3n[nH]c(N)c3c2=O)cc1. The fourth-order valence-corrected chi connectivity index (χ4v) is 2.88. The number of fused-ring (bicyclic) bond motifs is 1. The molecule has 0 aliphatic carbocycles. The van der Waals surface area contributed by atoms with Crippen LogP contribution in [0.1, 0.15) is 0 Å². The number of nitrogens with zero attached hydrogens (tertiary/aromatic N) is 3. The minimum atomic E-state index is -0.309. The third kappa shape index (κ3) is 2.58. The van der Waals surface area contributed by atoms with Gasteiger partial charge >= 0.3 is 0 Å². The van der Waals surface area contributed by atoms with Crippen molar-refractivity contribution in [1.82, 2.24) is 19.7 Å². The summed E-state index contributed by atoms with van der Waals surface area (Å²) in [7, 11) is 1.58. The van der Waals surface area contributed by atoms with E-state index in [1.165, 1.54) is 4.57 Å². The monoisotopic (exact) mass is 367 g/mol. The molecule has 7 nitrogen and oxygen atoms in total. The Morgan fingerprint density at radius 3 is 2.46 bits per heavy atom. The molecule has 0 bridgehead atoms. The lowest BCUT2D eigenvalue weighted by molar-refractivity contribution is 0.414. The van der Waals surface area contributed by atoms with Gasteiger partial charge in [0, 0.05) is 10.6 Å². The quantitative estimate of drug-likeness (QED) is 0.580. The zero-order valence-corrected chi connectivity index (χ0v) is 14.5. The first kappa shape index (κ1) is 16.2. The normalized spacial score (nSPS) is 11.0. The van der Waals surface area contributed by atoms with Gasteiger partial charge in [-0.15, -0.1) is 0 Å². The van der Waals surface area contributed by atoms with Crippen molar-refractivity contribution in [2.24, 2.45) is 0 Å². The first-order chi connectivity index (χ1) is 12.6. The van der Waals surface area contributed by atoms with E-state index in [0.717, 1.165) is 5.56 Å². The molecule has 0 radical (unpaired) electrons. The number of halogens is 1. The lowest BCUT2D eigenvalue weighted by atomic mass is 10.2. The van der Waals surface area contributed by atoms with E-state index in [0.29, 0.717) is 22.3 Å². The predicted molar refractivity (Wildman–Crippen MR) is 101 cm³/mol. The largest absolute Gasteiger partial charge is 0.497 e. The molecule has 8 heteroatoms. The number of nitrogens with one attached hydrogen (secondary N) is 1. The predicted octanol–water partition coefficient (Wildman–Crippen LogP) is 3.02. The number of hydrogen-bond acceptors (Lipinski definition) is 5. The van der Waals surface area contributed by atoms with Gasteiger partial charge in [-0.1, -0.05) is 11.6 Å². The van der Waals surface area contributed by atoms with Crippen molar-refractivity contribution in [3.8, 4) is 22.8 Å². The van der Waals surface area contributed by atoms with E-state index in [-0.39, 0.29) is 22.4 Å². The lowest BCUT2D eigenvalue weighted by Gasteiger charge is -2.13. The summed E-state index contributed by atoms with van der Waals surface area (Å²) in [4.78, 5) is 17.7. The number of aromatic nitrogens is 4. The molecule has 4 rings (SSSR count). The number of hydrogen-bond donors (Lipinski definition) is 2. The molecule has 0 unspecified atom stereocenters. The Morgan fingerprint density at radius 2 is 1.81 bits per heavy atom. The van der Waals surface area contributed by atoms with E-state index < -0.39 is 0 Å². The molecule has 130 valence electrons. The van der Waals surface area contributed by atoms with Crippen LogP contribution in [-0.4, -0.2) is 26.9 Å². The number of nitrogen functional groups attached to an aromatic ring is 1. The van der Waals surface area contributed by atoms with Crippen LogP contribution in [-0.2, 0) is 0 Å². The van der Waals surface area contributed by atoms with Crippen molar-refractivity contribution in [2.45, 2.75) is 0 Å². The first-order valence-corrected chi connectivity index (χ1v) is 8.13. The number of aromatic amines is 1. The summed E-state index contributed by atoms with van der Waals surface area (Å²) in [5.74, 6) is 1.31. The summed E-state index contributed by atoms with van der Waals surface area (Å²) in [5.41, 5.74) is 7.19. The van der Waals surface area contributed by atoms with Gasteiger partial charge in [0.1, 0.15) is 22.8 Å². The van der Waals surface area contributed by atoms with Crippen LogP contribution < -0.4 is 16.0 Å². The van der Waals surface area contributed by atoms with Crippen molar-refractivity contribution in [1.29, 1.82) is 0 Å². The Kier molecular flexibility index (Phi) is 3.85. The molecule has 2 heterocycles. The highest BCUT2D eigenvalue weighted by Crippen LogP contribution is 2.25. The van der Waals surface area contributed by atoms with Crippen LogP contribution in [0.5, 0.6) is 5.75 Å². The van der Waals surface area contributed by atoms with Crippen molar-refractivity contribution < 1.29 is 4.74 Å². The summed E-state index contributed by atoms with van der Waals surface area (Å²) >= 11 is 5.98. The Bertz CT molecular complexity index is 1150. The summed E-state index contributed by atoms with van der Waals surface area (Å²) < 4.78 is 6.68. The molecular formula is C18H14ClN5O2. The van der Waals surface area contributed by atoms with Gasteiger partial charge in [0.2, 0.25) is 0 Å². The number of nitrogens with two attached hydrogens (primary N) is 1. The van der Waals surface area contributed by atoms with Gasteiger partial charge < -0.3 is 10.5 Å². The molecule has 0 atom stereocenters. The molecule has 3 N–H and O–H groups in total. The smallest absolute Gasteiger partial charge is 0.271 e. The van der Waals surface area contributed by atoms with Crippen LogP contribution in [0, 0.1) is 0 Å². The Labute approximate surface area is 153 Å². The van der Waals surface area contributed by atoms with E-state index in [2.05, 4.69) is 15.2 Å². The molecular weight excluding hydrogens is 354 g/mol. The third-order valence-electron chi connectivity index (χ3n) is 4.05. The average molecular weight is 368 g/mol. The molecule has 0 aliphatic heterocycles. The summed E-state index contributed by atoms with van der Waals surface area (Å²) in [6.45, 7) is 0. The molecule has 0 saturated heterocycles. The van der Waals surface area contributed by atoms with Crippen LogP contribution in [0.3, 0.4) is 0 Å². The molecule has 2 aromatic heterocycles. The van der Waals surface area contributed by atoms with Gasteiger partial charge in [-0.3, -0.25) is 14.5 Å². The van der Waals surface area contributed by atoms with Crippen molar-refractivity contribution in [2.75, 3.05) is 12.8 Å². The molecule has 0 fully saturated rings. The van der Waals surface area contributed by atoms with Crippen LogP contribution >= 0.6 is 11.6 Å². The summed E-state index contributed by atoms with van der Waals surface area (Å²) in [6, 6.07) is 14.2. The highest BCUT2D eigenvalue weighted by atomic mass is 35.5. The van der Waals surface area contributed by atoms with Gasteiger partial charge in [0.15, 0.2) is 5.65 Å². The highest BCUT2D eigenvalue weighted by molar-refractivity contribution is 6.30. The molecule has 2 aromatic carbocycles. The van der Waals surface area contributed by atoms with Crippen LogP contribution in [0.15, 0.2) is 53.3 Å². The molecule has 4 aromatic rings. The second kappa shape index (κ2) is 6.20. The van der Waals surface area contributed by atoms with Gasteiger partial charge in [0.25, 0.3) is 5.56 Å². The Balaban J connectivity index is 2.05. The number of ether oxygens (including phenoxy) is 1. The maximum atomic E-state index is 13.2. The fraction of sp³-hybridized carbons (Fsp3) is 0.0556. The van der Waals surface area contributed by atoms with E-state index in [9.17, 15) is 4.79 Å². The van der Waals surface area contributed by atoms with Crippen LogP contribution in [0.4, 0.5) is 5.82 Å². The molecule has 0 aliphatic rings. The standard InChI is InChI=1S/C18H14ClN5O2/c1-26-13-8-6-12(7-9-13)24-17(10-2-4-11(19)5-3-10)21-16-14(18(24)25)15(20)22-23-16/h2-9H,1H3,(H3,20,22,23). The lowest BCUT2D eigenvalue weighted by Crippen LogP contribution is -2.22. The van der Waals surface area contributed by atoms with E-state index in [4.69, 9.17) is 22.1 Å². The van der Waals surface area contributed by atoms with E-state index in [1.54, 1.807) is 55.6 Å². The number of benzene rings is 2. The average Bonchev–Trinajstić information content (AvgIpc) is 3.03. The van der Waals surface area contributed by atoms with Crippen LogP contribution in [0.2, 0.25) is 5.02 Å². The zero-order valence-electron chi connectivity index (χ0n) is 13.7. The second-order valence-electron chi connectivity index (χ2n) is 5.62. The Hall–Kier alpha value is -3.32. The number of methoxy groups -OCH3 is 1. The molecule has 0 amide bonds. The number of rotatable bonds is 3. The number of anilines is 1. The molecule has 0 saturated carbocycles. The minimum Gasteiger partial charge on any atom is -0.497 e. The Morgan fingerprint density at radius 1 is 1.12 bits per heavy atom. The number of H-pyrrole nitrogens is 1. The van der Waals surface area contributed by atoms with E-state index >= 15 is 0 Å². The van der Waals surface area contributed by atoms with Gasteiger partial charge in [-0.05, 0) is 48.5 Å². The first-order valence-electron chi connectivity index (χ1n) is 7.75. The maximum absolute atomic E-state index is 13.2. The summed E-state index contributed by atoms with van der Waals surface area (Å²) in [6.07, 6.45) is 0.